The fraction of sp³-hybridized carbons (Fsp3) is 0.378. The first-order valence-electron chi connectivity index (χ1n) is 18.5. The number of carbonyl (C=O) groups excluding carboxylic acids is 3. The zero-order valence-corrected chi connectivity index (χ0v) is 36.7. The van der Waals surface area contributed by atoms with Crippen LogP contribution in [0.5, 0.6) is 11.5 Å². The molecule has 2 aromatic carbocycles. The molecule has 2 fully saturated rings. The van der Waals surface area contributed by atoms with E-state index in [1.807, 2.05) is 6.92 Å². The van der Waals surface area contributed by atoms with Crippen LogP contribution in [0, 0.1) is 12.8 Å². The number of carboxylic acids is 2. The Morgan fingerprint density at radius 1 is 1.13 bits per heavy atom. The first-order valence-corrected chi connectivity index (χ1v) is 23.4. The molecule has 1 aliphatic carbocycles. The zero-order chi connectivity index (χ0) is 46.4. The molecule has 3 aliphatic rings. The van der Waals surface area contributed by atoms with Crippen molar-refractivity contribution in [3.63, 3.8) is 0 Å². The molecule has 2 aliphatic heterocycles. The van der Waals surface area contributed by atoms with Gasteiger partial charge in [0, 0.05) is 47.9 Å². The van der Waals surface area contributed by atoms with E-state index in [0.717, 1.165) is 27.9 Å². The number of aromatic nitrogens is 1. The number of carbonyl (C=O) groups is 5. The summed E-state index contributed by atoms with van der Waals surface area (Å²) in [5, 5.41) is 48.2. The minimum atomic E-state index is -4.02. The second-order valence-electron chi connectivity index (χ2n) is 14.1. The van der Waals surface area contributed by atoms with E-state index in [0.29, 0.717) is 11.3 Å². The van der Waals surface area contributed by atoms with Gasteiger partial charge in [-0.05, 0) is 49.6 Å². The Balaban J connectivity index is 0.000000592. The average molecular weight is 977 g/mol. The van der Waals surface area contributed by atoms with Crippen molar-refractivity contribution >= 4 is 97.1 Å². The Hall–Kier alpha value is -5.21. The topological polar surface area (TPSA) is 308 Å². The van der Waals surface area contributed by atoms with Gasteiger partial charge < -0.3 is 41.6 Å². The van der Waals surface area contributed by atoms with Crippen LogP contribution in [0.15, 0.2) is 63.1 Å². The van der Waals surface area contributed by atoms with Gasteiger partial charge in [0.05, 0.1) is 15.5 Å². The summed E-state index contributed by atoms with van der Waals surface area (Å²) in [6.45, 7) is 1.99. The number of amides is 3. The number of nitrogens with two attached hydrogens (primary N) is 1. The highest BCUT2D eigenvalue weighted by atomic mass is 35.5. The summed E-state index contributed by atoms with van der Waals surface area (Å²) in [5.74, 6) is -9.24. The monoisotopic (exact) mass is 976 g/mol. The number of aryl methyl sites for hydroxylation is 1. The lowest BCUT2D eigenvalue weighted by Gasteiger charge is -2.49. The molecule has 3 amide bonds. The summed E-state index contributed by atoms with van der Waals surface area (Å²) >= 11 is 9.36. The number of nitrogens with zero attached hydrogens (tertiary/aromatic N) is 3. The minimum Gasteiger partial charge on any atom is -0.504 e. The number of nitrogens with one attached hydrogen (secondary N) is 2. The Morgan fingerprint density at radius 3 is 2.38 bits per heavy atom. The Labute approximate surface area is 374 Å². The highest BCUT2D eigenvalue weighted by Crippen LogP contribution is 2.42. The second-order valence-corrected chi connectivity index (χ2v) is 19.0. The quantitative estimate of drug-likeness (QED) is 0.0267. The van der Waals surface area contributed by atoms with Crippen LogP contribution >= 0.6 is 46.5 Å². The van der Waals surface area contributed by atoms with Crippen molar-refractivity contribution in [2.75, 3.05) is 29.5 Å². The van der Waals surface area contributed by atoms with Gasteiger partial charge in [-0.15, -0.1) is 23.1 Å². The van der Waals surface area contributed by atoms with Gasteiger partial charge in [0.15, 0.2) is 22.3 Å². The van der Waals surface area contributed by atoms with Crippen molar-refractivity contribution in [2.45, 2.75) is 60.9 Å². The molecule has 6 rings (SSSR count). The van der Waals surface area contributed by atoms with Gasteiger partial charge in [0.2, 0.25) is 12.0 Å². The van der Waals surface area contributed by atoms with Gasteiger partial charge in [0.25, 0.3) is 27.8 Å². The third-order valence-electron chi connectivity index (χ3n) is 9.67. The molecule has 0 bridgehead atoms. The number of benzene rings is 2. The van der Waals surface area contributed by atoms with Crippen molar-refractivity contribution < 1.29 is 71.0 Å². The van der Waals surface area contributed by atoms with Crippen LogP contribution < -0.4 is 16.4 Å². The third-order valence-corrected chi connectivity index (χ3v) is 14.0. The predicted molar refractivity (Wildman–Crippen MR) is 228 cm³/mol. The maximum atomic E-state index is 13.7. The smallest absolute Gasteiger partial charge is 0.352 e. The zero-order valence-electron chi connectivity index (χ0n) is 32.7. The number of phenolic OH excluding ortho intramolecular Hbond substituents is 2. The van der Waals surface area contributed by atoms with E-state index in [1.54, 1.807) is 12.1 Å². The molecular formula is C37H39ClF2N6O13S4. The van der Waals surface area contributed by atoms with Gasteiger partial charge >= 0.3 is 11.9 Å². The number of aliphatic carboxylic acids is 2. The number of oxime groups is 1. The summed E-state index contributed by atoms with van der Waals surface area (Å²) in [7, 11) is -4.02. The molecule has 1 saturated carbocycles. The van der Waals surface area contributed by atoms with Crippen LogP contribution in [0.2, 0.25) is 5.02 Å². The number of β-lactam (4-membered cyclic amide) rings is 1. The number of carboxylic acid groups (broad SMARTS) is 2. The highest BCUT2D eigenvalue weighted by molar-refractivity contribution is 8.01. The SMILES string of the molecule is Cc1ccc(S(=O)(=O)O)cc1.Nc1nc(/C(=N/O[C@@H](C(=O)O)C2CCC(F)(F)CC2)C(=O)N[C@@H]2C(=O)N3C(C(=O)O)=C(CSCCNC(=O)c4ccc(O)c(O)c4Cl)CS[C@H]23)cs1. The number of rotatable bonds is 15. The van der Waals surface area contributed by atoms with E-state index < -0.39 is 99.2 Å². The van der Waals surface area contributed by atoms with Crippen LogP contribution in [0.1, 0.15) is 47.3 Å². The van der Waals surface area contributed by atoms with E-state index in [-0.39, 0.29) is 62.9 Å². The number of anilines is 1. The van der Waals surface area contributed by atoms with Crippen LogP contribution in [0.4, 0.5) is 13.9 Å². The molecule has 0 radical (unpaired) electrons. The summed E-state index contributed by atoms with van der Waals surface area (Å²) in [4.78, 5) is 73.7. The average Bonchev–Trinajstić information content (AvgIpc) is 3.65. The number of halogens is 3. The number of hydrogen-bond donors (Lipinski definition) is 8. The van der Waals surface area contributed by atoms with Gasteiger partial charge in [-0.2, -0.15) is 20.2 Å². The molecule has 63 heavy (non-hydrogen) atoms. The molecular weight excluding hydrogens is 938 g/mol. The molecule has 1 aromatic heterocycles. The molecule has 3 atom stereocenters. The molecule has 340 valence electrons. The first kappa shape index (κ1) is 48.8. The van der Waals surface area contributed by atoms with E-state index in [2.05, 4.69) is 20.8 Å². The molecule has 0 spiro atoms. The van der Waals surface area contributed by atoms with Crippen LogP contribution in [0.3, 0.4) is 0 Å². The molecule has 26 heteroatoms. The number of thioether (sulfide) groups is 2. The number of nitrogen functional groups attached to an aromatic ring is 1. The van der Waals surface area contributed by atoms with E-state index in [4.69, 9.17) is 26.7 Å². The predicted octanol–water partition coefficient (Wildman–Crippen LogP) is 3.93. The fourth-order valence-electron chi connectivity index (χ4n) is 6.38. The number of phenols is 2. The van der Waals surface area contributed by atoms with E-state index in [9.17, 15) is 61.6 Å². The highest BCUT2D eigenvalue weighted by Gasteiger charge is 2.54. The van der Waals surface area contributed by atoms with Gasteiger partial charge in [0.1, 0.15) is 22.8 Å². The molecule has 9 N–H and O–H groups in total. The van der Waals surface area contributed by atoms with E-state index in [1.165, 1.54) is 47.1 Å². The van der Waals surface area contributed by atoms with Gasteiger partial charge in [-0.3, -0.25) is 23.8 Å². The molecule has 0 unspecified atom stereocenters. The molecule has 3 heterocycles. The summed E-state index contributed by atoms with van der Waals surface area (Å²) in [5.41, 5.74) is 6.21. The van der Waals surface area contributed by atoms with Crippen LogP contribution in [-0.2, 0) is 34.1 Å². The van der Waals surface area contributed by atoms with Crippen molar-refractivity contribution in [1.82, 2.24) is 20.5 Å². The van der Waals surface area contributed by atoms with Gasteiger partial charge in [-0.1, -0.05) is 34.5 Å². The Bertz CT molecular complexity index is 2430. The Kier molecular flexibility index (Phi) is 15.9. The lowest BCUT2D eigenvalue weighted by Crippen LogP contribution is -2.71. The number of aromatic hydroxyl groups is 2. The second kappa shape index (κ2) is 20.5. The Morgan fingerprint density at radius 2 is 1.79 bits per heavy atom. The number of hydrogen-bond acceptors (Lipinski definition) is 16. The van der Waals surface area contributed by atoms with Crippen molar-refractivity contribution in [2.24, 2.45) is 11.1 Å². The molecule has 1 saturated heterocycles. The van der Waals surface area contributed by atoms with Crippen molar-refractivity contribution in [1.29, 1.82) is 0 Å². The first-order chi connectivity index (χ1) is 29.6. The lowest BCUT2D eigenvalue weighted by molar-refractivity contribution is -0.158. The maximum Gasteiger partial charge on any atom is 0.352 e. The maximum absolute atomic E-state index is 13.7. The molecule has 3 aromatic rings. The third kappa shape index (κ3) is 12.1. The summed E-state index contributed by atoms with van der Waals surface area (Å²) < 4.78 is 56.9. The van der Waals surface area contributed by atoms with Crippen LogP contribution in [0.25, 0.3) is 0 Å². The van der Waals surface area contributed by atoms with E-state index >= 15 is 0 Å². The number of fused-ring (bicyclic) bond motifs is 1. The summed E-state index contributed by atoms with van der Waals surface area (Å²) in [6, 6.07) is 7.16. The normalized spacial score (nSPS) is 19.2. The number of alkyl halides is 2. The largest absolute Gasteiger partial charge is 0.504 e. The van der Waals surface area contributed by atoms with Crippen molar-refractivity contribution in [3.05, 3.63) is 74.9 Å². The number of thiazole rings is 1. The molecule has 19 nitrogen and oxygen atoms in total. The van der Waals surface area contributed by atoms with Crippen LogP contribution in [-0.4, -0.2) is 126 Å². The minimum absolute atomic E-state index is 0.0413. The standard InChI is InChI=1S/C30H31ClF2N6O10S3.C7H8O3S/c31-17-14(1-2-16(40)21(17)41)23(42)35-7-8-50-9-13-10-51-26-19(25(44)39(26)20(13)27(45)46)37-24(43)18(15-11-52-29(34)36-15)38-49-22(28(47)48)12-3-5-30(32,33)6-4-12;1-6-2-4-7(5-3-6)11(8,9)10/h1-2,11-12,19,22,26,40-41H,3-10H2,(H2,34,36)(H,35,42)(H,37,43)(H,45,46)(H,47,48);2-5H,1H3,(H,8,9,10)/b38-18-;/t19-,22-,26-;/m1./s1. The lowest BCUT2D eigenvalue weighted by atomic mass is 9.83. The fourth-order valence-corrected chi connectivity index (χ4v) is 10.0. The van der Waals surface area contributed by atoms with Gasteiger partial charge in [-0.25, -0.2) is 23.4 Å². The van der Waals surface area contributed by atoms with Crippen molar-refractivity contribution in [3.8, 4) is 11.5 Å². The summed E-state index contributed by atoms with van der Waals surface area (Å²) in [6.07, 6.45) is -2.99.